The topological polar surface area (TPSA) is 134 Å². The van der Waals surface area contributed by atoms with Crippen molar-refractivity contribution in [1.82, 2.24) is 10.3 Å². The molecule has 0 amide bonds. The zero-order valence-corrected chi connectivity index (χ0v) is 9.57. The van der Waals surface area contributed by atoms with E-state index in [2.05, 4.69) is 14.9 Å². The Morgan fingerprint density at radius 2 is 2.11 bits per heavy atom. The SMILES string of the molecule is NCCCC(N)c1ccc([N+](=O)[O-])c2nonc12. The molecule has 0 aliphatic heterocycles. The summed E-state index contributed by atoms with van der Waals surface area (Å²) in [4.78, 5) is 10.3. The number of rotatable bonds is 5. The van der Waals surface area contributed by atoms with Gasteiger partial charge in [-0.05, 0) is 35.8 Å². The van der Waals surface area contributed by atoms with Crippen LogP contribution in [-0.2, 0) is 0 Å². The summed E-state index contributed by atoms with van der Waals surface area (Å²) in [6.07, 6.45) is 1.45. The lowest BCUT2D eigenvalue weighted by molar-refractivity contribution is -0.383. The van der Waals surface area contributed by atoms with Crippen molar-refractivity contribution in [2.45, 2.75) is 18.9 Å². The zero-order chi connectivity index (χ0) is 13.1. The minimum Gasteiger partial charge on any atom is -0.330 e. The molecular formula is C10H13N5O3. The Kier molecular flexibility index (Phi) is 3.49. The van der Waals surface area contributed by atoms with Crippen LogP contribution in [0.2, 0.25) is 0 Å². The van der Waals surface area contributed by atoms with Crippen LogP contribution in [0.1, 0.15) is 24.4 Å². The van der Waals surface area contributed by atoms with Gasteiger partial charge in [-0.2, -0.15) is 0 Å². The van der Waals surface area contributed by atoms with E-state index < -0.39 is 4.92 Å². The zero-order valence-electron chi connectivity index (χ0n) is 9.57. The van der Waals surface area contributed by atoms with E-state index in [0.29, 0.717) is 24.0 Å². The summed E-state index contributed by atoms with van der Waals surface area (Å²) in [5.74, 6) is 0. The quantitative estimate of drug-likeness (QED) is 0.594. The van der Waals surface area contributed by atoms with Crippen molar-refractivity contribution in [3.63, 3.8) is 0 Å². The van der Waals surface area contributed by atoms with E-state index in [4.69, 9.17) is 11.5 Å². The molecule has 0 fully saturated rings. The van der Waals surface area contributed by atoms with Crippen molar-refractivity contribution in [1.29, 1.82) is 0 Å². The predicted octanol–water partition coefficient (Wildman–Crippen LogP) is 0.870. The summed E-state index contributed by atoms with van der Waals surface area (Å²) < 4.78 is 4.57. The number of nitrogens with two attached hydrogens (primary N) is 2. The molecule has 0 saturated heterocycles. The van der Waals surface area contributed by atoms with Gasteiger partial charge in [-0.15, -0.1) is 0 Å². The number of benzene rings is 1. The van der Waals surface area contributed by atoms with Crippen molar-refractivity contribution < 1.29 is 9.55 Å². The molecule has 0 aliphatic rings. The van der Waals surface area contributed by atoms with Crippen molar-refractivity contribution in [2.75, 3.05) is 6.54 Å². The summed E-state index contributed by atoms with van der Waals surface area (Å²) in [7, 11) is 0. The smallest absolute Gasteiger partial charge is 0.300 e. The first-order chi connectivity index (χ1) is 8.65. The normalized spacial score (nSPS) is 12.8. The Morgan fingerprint density at radius 3 is 2.78 bits per heavy atom. The first-order valence-electron chi connectivity index (χ1n) is 5.50. The van der Waals surface area contributed by atoms with Gasteiger partial charge in [-0.3, -0.25) is 10.1 Å². The molecule has 0 saturated carbocycles. The van der Waals surface area contributed by atoms with Crippen molar-refractivity contribution in [2.24, 2.45) is 11.5 Å². The van der Waals surface area contributed by atoms with Crippen LogP contribution in [0.15, 0.2) is 16.8 Å². The maximum absolute atomic E-state index is 10.8. The van der Waals surface area contributed by atoms with Gasteiger partial charge < -0.3 is 11.5 Å². The van der Waals surface area contributed by atoms with Gasteiger partial charge in [0.2, 0.25) is 5.52 Å². The molecule has 2 rings (SSSR count). The summed E-state index contributed by atoms with van der Waals surface area (Å²) >= 11 is 0. The number of nitro benzene ring substituents is 1. The number of fused-ring (bicyclic) bond motifs is 1. The molecule has 1 unspecified atom stereocenters. The molecule has 8 nitrogen and oxygen atoms in total. The molecular weight excluding hydrogens is 238 g/mol. The molecule has 2 aromatic rings. The third kappa shape index (κ3) is 2.15. The van der Waals surface area contributed by atoms with E-state index in [9.17, 15) is 10.1 Å². The van der Waals surface area contributed by atoms with Gasteiger partial charge in [0.15, 0.2) is 0 Å². The van der Waals surface area contributed by atoms with Crippen LogP contribution in [0.25, 0.3) is 11.0 Å². The molecule has 1 aromatic heterocycles. The number of aromatic nitrogens is 2. The highest BCUT2D eigenvalue weighted by molar-refractivity contribution is 5.86. The second kappa shape index (κ2) is 5.07. The van der Waals surface area contributed by atoms with E-state index in [1.165, 1.54) is 6.07 Å². The molecule has 1 atom stereocenters. The fourth-order valence-electron chi connectivity index (χ4n) is 1.81. The highest BCUT2D eigenvalue weighted by Crippen LogP contribution is 2.29. The van der Waals surface area contributed by atoms with E-state index in [-0.39, 0.29) is 17.2 Å². The number of nitrogens with zero attached hydrogens (tertiary/aromatic N) is 3. The molecule has 1 heterocycles. The Labute approximate surface area is 102 Å². The molecule has 8 heteroatoms. The summed E-state index contributed by atoms with van der Waals surface area (Å²) in [6.45, 7) is 0.543. The third-order valence-electron chi connectivity index (χ3n) is 2.74. The second-order valence-corrected chi connectivity index (χ2v) is 3.93. The van der Waals surface area contributed by atoms with Crippen LogP contribution in [0.3, 0.4) is 0 Å². The number of non-ortho nitro benzene ring substituents is 1. The molecule has 0 aliphatic carbocycles. The largest absolute Gasteiger partial charge is 0.330 e. The van der Waals surface area contributed by atoms with Crippen LogP contribution in [0, 0.1) is 10.1 Å². The first-order valence-corrected chi connectivity index (χ1v) is 5.50. The van der Waals surface area contributed by atoms with Crippen molar-refractivity contribution in [3.05, 3.63) is 27.8 Å². The average Bonchev–Trinajstić information content (AvgIpc) is 2.83. The number of nitro groups is 1. The Balaban J connectivity index is 2.44. The van der Waals surface area contributed by atoms with Gasteiger partial charge in [0, 0.05) is 17.7 Å². The van der Waals surface area contributed by atoms with Crippen LogP contribution < -0.4 is 11.5 Å². The van der Waals surface area contributed by atoms with Gasteiger partial charge in [-0.1, -0.05) is 0 Å². The highest BCUT2D eigenvalue weighted by atomic mass is 16.6. The lowest BCUT2D eigenvalue weighted by Gasteiger charge is -2.10. The Bertz CT molecular complexity index is 568. The van der Waals surface area contributed by atoms with Crippen molar-refractivity contribution >= 4 is 16.7 Å². The fraction of sp³-hybridized carbons (Fsp3) is 0.400. The maximum Gasteiger partial charge on any atom is 0.300 e. The van der Waals surface area contributed by atoms with Gasteiger partial charge >= 0.3 is 5.69 Å². The van der Waals surface area contributed by atoms with Gasteiger partial charge in [-0.25, -0.2) is 4.63 Å². The van der Waals surface area contributed by atoms with E-state index in [0.717, 1.165) is 6.42 Å². The maximum atomic E-state index is 10.8. The van der Waals surface area contributed by atoms with Gasteiger partial charge in [0.25, 0.3) is 0 Å². The third-order valence-corrected chi connectivity index (χ3v) is 2.74. The minimum atomic E-state index is -0.526. The van der Waals surface area contributed by atoms with Crippen LogP contribution >= 0.6 is 0 Å². The first kappa shape index (κ1) is 12.4. The lowest BCUT2D eigenvalue weighted by atomic mass is 10.0. The highest BCUT2D eigenvalue weighted by Gasteiger charge is 2.21. The molecule has 0 spiro atoms. The molecule has 96 valence electrons. The Hall–Kier alpha value is -2.06. The van der Waals surface area contributed by atoms with Crippen LogP contribution in [0.4, 0.5) is 5.69 Å². The second-order valence-electron chi connectivity index (χ2n) is 3.93. The molecule has 18 heavy (non-hydrogen) atoms. The molecule has 0 bridgehead atoms. The molecule has 0 radical (unpaired) electrons. The average molecular weight is 251 g/mol. The van der Waals surface area contributed by atoms with Crippen molar-refractivity contribution in [3.8, 4) is 0 Å². The lowest BCUT2D eigenvalue weighted by Crippen LogP contribution is -2.13. The summed E-state index contributed by atoms with van der Waals surface area (Å²) in [5.41, 5.74) is 12.4. The van der Waals surface area contributed by atoms with Gasteiger partial charge in [0.1, 0.15) is 5.52 Å². The summed E-state index contributed by atoms with van der Waals surface area (Å²) in [5, 5.41) is 18.1. The fourth-order valence-corrected chi connectivity index (χ4v) is 1.81. The number of hydrogen-bond acceptors (Lipinski definition) is 7. The van der Waals surface area contributed by atoms with Gasteiger partial charge in [0.05, 0.1) is 4.92 Å². The van der Waals surface area contributed by atoms with Crippen LogP contribution in [0.5, 0.6) is 0 Å². The molecule has 4 N–H and O–H groups in total. The number of hydrogen-bond donors (Lipinski definition) is 2. The van der Waals surface area contributed by atoms with E-state index >= 15 is 0 Å². The Morgan fingerprint density at radius 1 is 1.39 bits per heavy atom. The monoisotopic (exact) mass is 251 g/mol. The molecule has 1 aromatic carbocycles. The standard InChI is InChI=1S/C10H13N5O3/c11-5-1-2-7(12)6-3-4-8(15(16)17)10-9(6)13-18-14-10/h3-4,7H,1-2,5,11-12H2. The van der Waals surface area contributed by atoms with E-state index in [1.54, 1.807) is 6.07 Å². The van der Waals surface area contributed by atoms with E-state index in [1.807, 2.05) is 0 Å². The van der Waals surface area contributed by atoms with Crippen LogP contribution in [-0.4, -0.2) is 21.8 Å². The summed E-state index contributed by atoms with van der Waals surface area (Å²) in [6, 6.07) is 2.67. The minimum absolute atomic E-state index is 0.126. The predicted molar refractivity (Wildman–Crippen MR) is 63.7 cm³/mol.